The van der Waals surface area contributed by atoms with Gasteiger partial charge in [-0.1, -0.05) is 47.8 Å². The molecule has 1 aliphatic heterocycles. The van der Waals surface area contributed by atoms with E-state index in [0.29, 0.717) is 16.3 Å². The maximum Gasteiger partial charge on any atom is 0.241 e. The minimum absolute atomic E-state index is 0.0516. The van der Waals surface area contributed by atoms with E-state index in [9.17, 15) is 14.4 Å². The van der Waals surface area contributed by atoms with Crippen molar-refractivity contribution in [1.82, 2.24) is 15.0 Å². The molecule has 3 amide bonds. The van der Waals surface area contributed by atoms with E-state index in [1.807, 2.05) is 6.92 Å². The van der Waals surface area contributed by atoms with Gasteiger partial charge in [0.15, 0.2) is 0 Å². The lowest BCUT2D eigenvalue weighted by Gasteiger charge is -2.32. The normalized spacial score (nSPS) is 22.9. The lowest BCUT2D eigenvalue weighted by Crippen LogP contribution is -2.45. The van der Waals surface area contributed by atoms with Crippen molar-refractivity contribution in [3.63, 3.8) is 0 Å². The number of aromatic nitrogens is 1. The second-order valence-electron chi connectivity index (χ2n) is 8.53. The van der Waals surface area contributed by atoms with Crippen molar-refractivity contribution in [1.29, 1.82) is 0 Å². The summed E-state index contributed by atoms with van der Waals surface area (Å²) in [4.78, 5) is 43.1. The third-order valence-corrected chi connectivity index (χ3v) is 7.07. The summed E-state index contributed by atoms with van der Waals surface area (Å²) in [5, 5.41) is 4.30. The average Bonchev–Trinajstić information content (AvgIpc) is 3.50. The summed E-state index contributed by atoms with van der Waals surface area (Å²) in [5.74, 6) is -0.796. The first-order chi connectivity index (χ1) is 14.8. The minimum atomic E-state index is -1.30. The number of hydrogen-bond acceptors (Lipinski definition) is 5. The highest BCUT2D eigenvalue weighted by Gasteiger charge is 2.56. The molecule has 2 heterocycles. The smallest absolute Gasteiger partial charge is 0.241 e. The van der Waals surface area contributed by atoms with Crippen LogP contribution in [0.5, 0.6) is 0 Å². The predicted molar refractivity (Wildman–Crippen MR) is 114 cm³/mol. The summed E-state index contributed by atoms with van der Waals surface area (Å²) in [6.07, 6.45) is 4.89. The van der Waals surface area contributed by atoms with Crippen LogP contribution in [0.25, 0.3) is 0 Å². The molecule has 0 spiro atoms. The highest BCUT2D eigenvalue weighted by Crippen LogP contribution is 2.45. The van der Waals surface area contributed by atoms with Crippen LogP contribution in [0.4, 0.5) is 0 Å². The molecule has 2 fully saturated rings. The number of carbonyl (C=O) groups excluding carboxylic acids is 3. The molecule has 0 bridgehead atoms. The molecular formula is C23H26ClN3O4. The number of nitrogens with zero attached hydrogens (tertiary/aromatic N) is 3. The molecule has 4 rings (SSSR count). The molecule has 1 aromatic carbocycles. The van der Waals surface area contributed by atoms with Crippen LogP contribution in [0.2, 0.25) is 5.02 Å². The Kier molecular flexibility index (Phi) is 5.88. The van der Waals surface area contributed by atoms with Crippen molar-refractivity contribution >= 4 is 29.3 Å². The highest BCUT2D eigenvalue weighted by atomic mass is 35.5. The number of amides is 3. The number of halogens is 1. The zero-order valence-corrected chi connectivity index (χ0v) is 18.5. The van der Waals surface area contributed by atoms with E-state index in [-0.39, 0.29) is 42.6 Å². The van der Waals surface area contributed by atoms with Gasteiger partial charge in [0.05, 0.1) is 11.5 Å². The maximum atomic E-state index is 13.8. The van der Waals surface area contributed by atoms with E-state index < -0.39 is 5.41 Å². The van der Waals surface area contributed by atoms with Gasteiger partial charge < -0.3 is 9.42 Å². The first kappa shape index (κ1) is 21.6. The number of likely N-dealkylation sites (tertiary alicyclic amines) is 1. The van der Waals surface area contributed by atoms with E-state index in [2.05, 4.69) is 5.16 Å². The average molecular weight is 444 g/mol. The van der Waals surface area contributed by atoms with Crippen molar-refractivity contribution in [2.24, 2.45) is 0 Å². The van der Waals surface area contributed by atoms with Crippen molar-refractivity contribution in [2.75, 3.05) is 7.05 Å². The fourth-order valence-corrected chi connectivity index (χ4v) is 5.14. The summed E-state index contributed by atoms with van der Waals surface area (Å²) in [6.45, 7) is 1.84. The van der Waals surface area contributed by atoms with Crippen LogP contribution in [0.1, 0.15) is 62.7 Å². The number of imide groups is 1. The Bertz CT molecular complexity index is 986. The van der Waals surface area contributed by atoms with Crippen LogP contribution >= 0.6 is 11.6 Å². The van der Waals surface area contributed by atoms with Gasteiger partial charge in [0.25, 0.3) is 0 Å². The van der Waals surface area contributed by atoms with Crippen molar-refractivity contribution in [2.45, 2.75) is 62.9 Å². The molecule has 8 heteroatoms. The second-order valence-corrected chi connectivity index (χ2v) is 8.93. The Morgan fingerprint density at radius 3 is 2.65 bits per heavy atom. The van der Waals surface area contributed by atoms with Gasteiger partial charge in [0.1, 0.15) is 12.0 Å². The third kappa shape index (κ3) is 3.76. The summed E-state index contributed by atoms with van der Waals surface area (Å²) < 4.78 is 4.90. The zero-order valence-electron chi connectivity index (χ0n) is 17.7. The molecule has 0 radical (unpaired) electrons. The maximum absolute atomic E-state index is 13.8. The lowest BCUT2D eigenvalue weighted by molar-refractivity contribution is -0.145. The Labute approximate surface area is 186 Å². The number of hydrogen-bond donors (Lipinski definition) is 0. The molecule has 2 aromatic rings. The quantitative estimate of drug-likeness (QED) is 0.632. The van der Waals surface area contributed by atoms with Gasteiger partial charge in [-0.15, -0.1) is 0 Å². The predicted octanol–water partition coefficient (Wildman–Crippen LogP) is 3.88. The third-order valence-electron chi connectivity index (χ3n) is 6.74. The largest absolute Gasteiger partial charge is 0.364 e. The van der Waals surface area contributed by atoms with Gasteiger partial charge in [0.2, 0.25) is 17.7 Å². The van der Waals surface area contributed by atoms with Crippen molar-refractivity contribution in [3.8, 4) is 0 Å². The summed E-state index contributed by atoms with van der Waals surface area (Å²) in [6, 6.07) is 8.27. The van der Waals surface area contributed by atoms with Crippen LogP contribution < -0.4 is 0 Å². The van der Waals surface area contributed by atoms with Crippen LogP contribution in [-0.2, 0) is 19.8 Å². The fourth-order valence-electron chi connectivity index (χ4n) is 4.82. The van der Waals surface area contributed by atoms with E-state index >= 15 is 0 Å². The van der Waals surface area contributed by atoms with Crippen LogP contribution in [-0.4, -0.2) is 45.8 Å². The molecule has 31 heavy (non-hydrogen) atoms. The lowest BCUT2D eigenvalue weighted by atomic mass is 9.75. The van der Waals surface area contributed by atoms with Gasteiger partial charge in [-0.3, -0.25) is 19.3 Å². The molecule has 7 nitrogen and oxygen atoms in total. The SMILES string of the molecule is C[C@@H](c1ccon1)N(C)C(=O)C[C@]1(c2ccccc2Cl)CC(=O)N(C2CCCC2)C1=O. The van der Waals surface area contributed by atoms with Gasteiger partial charge in [-0.05, 0) is 31.4 Å². The fraction of sp³-hybridized carbons (Fsp3) is 0.478. The summed E-state index contributed by atoms with van der Waals surface area (Å²) >= 11 is 6.49. The van der Waals surface area contributed by atoms with E-state index in [0.717, 1.165) is 25.7 Å². The Morgan fingerprint density at radius 1 is 1.29 bits per heavy atom. The zero-order chi connectivity index (χ0) is 22.2. The van der Waals surface area contributed by atoms with Gasteiger partial charge in [-0.25, -0.2) is 0 Å². The van der Waals surface area contributed by atoms with Crippen molar-refractivity contribution < 1.29 is 18.9 Å². The van der Waals surface area contributed by atoms with Crippen LogP contribution in [0.3, 0.4) is 0 Å². The Balaban J connectivity index is 1.69. The highest BCUT2D eigenvalue weighted by molar-refractivity contribution is 6.32. The van der Waals surface area contributed by atoms with Crippen LogP contribution in [0.15, 0.2) is 41.1 Å². The Morgan fingerprint density at radius 2 is 2.00 bits per heavy atom. The summed E-state index contributed by atoms with van der Waals surface area (Å²) in [7, 11) is 1.66. The first-order valence-corrected chi connectivity index (χ1v) is 11.0. The second kappa shape index (κ2) is 8.46. The topological polar surface area (TPSA) is 83.7 Å². The molecule has 2 aliphatic rings. The number of carbonyl (C=O) groups is 3. The van der Waals surface area contributed by atoms with Gasteiger partial charge in [0, 0.05) is 37.0 Å². The molecule has 1 aliphatic carbocycles. The van der Waals surface area contributed by atoms with Crippen LogP contribution in [0, 0.1) is 0 Å². The number of rotatable bonds is 6. The molecule has 1 aromatic heterocycles. The Hall–Kier alpha value is -2.67. The molecule has 1 saturated carbocycles. The van der Waals surface area contributed by atoms with Crippen molar-refractivity contribution in [3.05, 3.63) is 52.9 Å². The van der Waals surface area contributed by atoms with E-state index in [4.69, 9.17) is 16.1 Å². The molecule has 0 unspecified atom stereocenters. The number of benzene rings is 1. The molecule has 2 atom stereocenters. The minimum Gasteiger partial charge on any atom is -0.364 e. The standard InChI is InChI=1S/C23H26ClN3O4/c1-15(19-11-12-31-25-19)26(2)20(28)13-23(17-9-5-6-10-18(17)24)14-21(29)27(22(23)30)16-7-3-4-8-16/h5-6,9-12,15-16H,3-4,7-8,13-14H2,1-2H3/t15-,23+/m0/s1. The van der Waals surface area contributed by atoms with Gasteiger partial charge >= 0.3 is 0 Å². The molecular weight excluding hydrogens is 418 g/mol. The van der Waals surface area contributed by atoms with E-state index in [1.54, 1.807) is 37.4 Å². The molecule has 0 N–H and O–H groups in total. The summed E-state index contributed by atoms with van der Waals surface area (Å²) in [5.41, 5.74) is -0.150. The van der Waals surface area contributed by atoms with E-state index in [1.165, 1.54) is 16.1 Å². The molecule has 164 valence electrons. The van der Waals surface area contributed by atoms with Gasteiger partial charge in [-0.2, -0.15) is 0 Å². The molecule has 1 saturated heterocycles. The monoisotopic (exact) mass is 443 g/mol. The first-order valence-electron chi connectivity index (χ1n) is 10.6.